The Morgan fingerprint density at radius 2 is 2.30 bits per heavy atom. The third kappa shape index (κ3) is 3.72. The first-order valence-corrected chi connectivity index (χ1v) is 7.19. The third-order valence-corrected chi connectivity index (χ3v) is 4.01. The number of hydrogen-bond donors (Lipinski definition) is 1. The second-order valence-electron chi connectivity index (χ2n) is 5.26. The van der Waals surface area contributed by atoms with Crippen LogP contribution in [0.3, 0.4) is 0 Å². The summed E-state index contributed by atoms with van der Waals surface area (Å²) in [6, 6.07) is 7.86. The number of likely N-dealkylation sites (tertiary alicyclic amines) is 1. The summed E-state index contributed by atoms with van der Waals surface area (Å²) in [7, 11) is 3.37. The van der Waals surface area contributed by atoms with Crippen LogP contribution in [-0.4, -0.2) is 44.7 Å². The van der Waals surface area contributed by atoms with Crippen LogP contribution in [0, 0.1) is 11.8 Å². The highest BCUT2D eigenvalue weighted by Gasteiger charge is 2.36. The summed E-state index contributed by atoms with van der Waals surface area (Å²) in [5.41, 5.74) is 1.17. The van der Waals surface area contributed by atoms with Crippen LogP contribution in [-0.2, 0) is 16.1 Å². The van der Waals surface area contributed by atoms with Crippen molar-refractivity contribution in [3.05, 3.63) is 34.9 Å². The van der Waals surface area contributed by atoms with Crippen LogP contribution in [0.5, 0.6) is 0 Å². The first kappa shape index (κ1) is 15.3. The topological polar surface area (TPSA) is 41.6 Å². The second kappa shape index (κ2) is 7.07. The number of rotatable bonds is 5. The Bertz CT molecular complexity index is 467. The lowest BCUT2D eigenvalue weighted by Crippen LogP contribution is -2.34. The smallest absolute Gasteiger partial charge is 0.224 e. The molecule has 0 spiro atoms. The molecule has 1 aliphatic rings. The van der Waals surface area contributed by atoms with E-state index in [1.54, 1.807) is 14.2 Å². The molecule has 1 amide bonds. The van der Waals surface area contributed by atoms with E-state index < -0.39 is 0 Å². The summed E-state index contributed by atoms with van der Waals surface area (Å²) in [4.78, 5) is 14.2. The molecule has 5 heteroatoms. The van der Waals surface area contributed by atoms with Gasteiger partial charge in [0.1, 0.15) is 0 Å². The summed E-state index contributed by atoms with van der Waals surface area (Å²) in [6.45, 7) is 3.07. The average Bonchev–Trinajstić information content (AvgIpc) is 2.81. The molecule has 1 N–H and O–H groups in total. The van der Waals surface area contributed by atoms with E-state index in [-0.39, 0.29) is 17.7 Å². The molecule has 4 nitrogen and oxygen atoms in total. The minimum absolute atomic E-state index is 0.000802. The minimum Gasteiger partial charge on any atom is -0.384 e. The number of ether oxygens (including phenoxy) is 1. The van der Waals surface area contributed by atoms with Gasteiger partial charge in [-0.1, -0.05) is 23.7 Å². The van der Waals surface area contributed by atoms with Crippen LogP contribution in [0.4, 0.5) is 0 Å². The molecule has 0 saturated carbocycles. The van der Waals surface area contributed by atoms with Crippen molar-refractivity contribution in [1.82, 2.24) is 10.2 Å². The number of hydrogen-bond acceptors (Lipinski definition) is 3. The Morgan fingerprint density at radius 1 is 1.50 bits per heavy atom. The van der Waals surface area contributed by atoms with Gasteiger partial charge in [-0.3, -0.25) is 9.69 Å². The van der Waals surface area contributed by atoms with E-state index in [2.05, 4.69) is 16.3 Å². The zero-order chi connectivity index (χ0) is 14.5. The average molecular weight is 297 g/mol. The van der Waals surface area contributed by atoms with Crippen molar-refractivity contribution in [3.8, 4) is 0 Å². The molecule has 0 unspecified atom stereocenters. The summed E-state index contributed by atoms with van der Waals surface area (Å²) < 4.78 is 5.24. The molecule has 1 heterocycles. The molecule has 0 aromatic heterocycles. The van der Waals surface area contributed by atoms with E-state index in [1.807, 2.05) is 18.2 Å². The van der Waals surface area contributed by atoms with Gasteiger partial charge < -0.3 is 10.1 Å². The van der Waals surface area contributed by atoms with Gasteiger partial charge in [-0.15, -0.1) is 0 Å². The maximum Gasteiger partial charge on any atom is 0.224 e. The highest BCUT2D eigenvalue weighted by molar-refractivity contribution is 6.30. The van der Waals surface area contributed by atoms with Crippen molar-refractivity contribution in [2.45, 2.75) is 6.54 Å². The highest BCUT2D eigenvalue weighted by Crippen LogP contribution is 2.26. The van der Waals surface area contributed by atoms with Crippen molar-refractivity contribution in [2.75, 3.05) is 33.9 Å². The molecule has 2 rings (SSSR count). The van der Waals surface area contributed by atoms with Crippen LogP contribution in [0.1, 0.15) is 5.56 Å². The molecule has 0 radical (unpaired) electrons. The van der Waals surface area contributed by atoms with Crippen LogP contribution in [0.2, 0.25) is 5.02 Å². The van der Waals surface area contributed by atoms with E-state index in [9.17, 15) is 4.79 Å². The quantitative estimate of drug-likeness (QED) is 0.900. The first-order valence-electron chi connectivity index (χ1n) is 6.81. The normalized spacial score (nSPS) is 22.9. The molecule has 1 saturated heterocycles. The SMILES string of the molecule is CNC(=O)[C@@H]1CN(Cc2cccc(Cl)c2)C[C@H]1COC. The summed E-state index contributed by atoms with van der Waals surface area (Å²) in [5, 5.41) is 3.49. The van der Waals surface area contributed by atoms with E-state index in [1.165, 1.54) is 5.56 Å². The molecule has 1 aromatic carbocycles. The highest BCUT2D eigenvalue weighted by atomic mass is 35.5. The van der Waals surface area contributed by atoms with E-state index in [0.29, 0.717) is 6.61 Å². The Hall–Kier alpha value is -1.10. The maximum atomic E-state index is 11.9. The van der Waals surface area contributed by atoms with Gasteiger partial charge in [0.05, 0.1) is 12.5 Å². The van der Waals surface area contributed by atoms with E-state index >= 15 is 0 Å². The van der Waals surface area contributed by atoms with Gasteiger partial charge in [-0.05, 0) is 17.7 Å². The van der Waals surface area contributed by atoms with Crippen molar-refractivity contribution in [3.63, 3.8) is 0 Å². The van der Waals surface area contributed by atoms with Crippen molar-refractivity contribution in [1.29, 1.82) is 0 Å². The number of carbonyl (C=O) groups excluding carboxylic acids is 1. The predicted molar refractivity (Wildman–Crippen MR) is 79.7 cm³/mol. The van der Waals surface area contributed by atoms with Gasteiger partial charge in [0.25, 0.3) is 0 Å². The van der Waals surface area contributed by atoms with Crippen molar-refractivity contribution >= 4 is 17.5 Å². The number of benzene rings is 1. The third-order valence-electron chi connectivity index (χ3n) is 3.78. The number of methoxy groups -OCH3 is 1. The van der Waals surface area contributed by atoms with E-state index in [4.69, 9.17) is 16.3 Å². The standard InChI is InChI=1S/C15H21ClN2O2/c1-17-15(19)14-9-18(8-12(14)10-20-2)7-11-4-3-5-13(16)6-11/h3-6,12,14H,7-10H2,1-2H3,(H,17,19)/t12-,14+/m0/s1. The van der Waals surface area contributed by atoms with Gasteiger partial charge >= 0.3 is 0 Å². The Morgan fingerprint density at radius 3 is 2.95 bits per heavy atom. The lowest BCUT2D eigenvalue weighted by atomic mass is 9.96. The minimum atomic E-state index is -0.000802. The Labute approximate surface area is 125 Å². The van der Waals surface area contributed by atoms with Crippen LogP contribution < -0.4 is 5.32 Å². The largest absolute Gasteiger partial charge is 0.384 e. The molecule has 1 fully saturated rings. The van der Waals surface area contributed by atoms with Gasteiger partial charge in [0, 0.05) is 44.7 Å². The molecule has 0 bridgehead atoms. The molecule has 110 valence electrons. The summed E-state index contributed by atoms with van der Waals surface area (Å²) >= 11 is 6.01. The fraction of sp³-hybridized carbons (Fsp3) is 0.533. The molecule has 1 aliphatic heterocycles. The van der Waals surface area contributed by atoms with Crippen LogP contribution >= 0.6 is 11.6 Å². The maximum absolute atomic E-state index is 11.9. The zero-order valence-electron chi connectivity index (χ0n) is 11.9. The molecular formula is C15H21ClN2O2. The second-order valence-corrected chi connectivity index (χ2v) is 5.70. The van der Waals surface area contributed by atoms with Gasteiger partial charge in [-0.2, -0.15) is 0 Å². The van der Waals surface area contributed by atoms with Gasteiger partial charge in [0.15, 0.2) is 0 Å². The lowest BCUT2D eigenvalue weighted by molar-refractivity contribution is -0.125. The zero-order valence-corrected chi connectivity index (χ0v) is 12.7. The van der Waals surface area contributed by atoms with Crippen molar-refractivity contribution < 1.29 is 9.53 Å². The summed E-state index contributed by atoms with van der Waals surface area (Å²) in [5.74, 6) is 0.346. The van der Waals surface area contributed by atoms with Gasteiger partial charge in [-0.25, -0.2) is 0 Å². The van der Waals surface area contributed by atoms with E-state index in [0.717, 1.165) is 24.7 Å². The molecule has 20 heavy (non-hydrogen) atoms. The van der Waals surface area contributed by atoms with Crippen molar-refractivity contribution in [2.24, 2.45) is 11.8 Å². The first-order chi connectivity index (χ1) is 9.63. The number of halogens is 1. The number of nitrogens with zero attached hydrogens (tertiary/aromatic N) is 1. The fourth-order valence-electron chi connectivity index (χ4n) is 2.85. The van der Waals surface area contributed by atoms with Crippen LogP contribution in [0.15, 0.2) is 24.3 Å². The Kier molecular flexibility index (Phi) is 5.40. The molecule has 2 atom stereocenters. The molecule has 0 aliphatic carbocycles. The Balaban J connectivity index is 2.02. The summed E-state index contributed by atoms with van der Waals surface area (Å²) in [6.07, 6.45) is 0. The number of amides is 1. The molecular weight excluding hydrogens is 276 g/mol. The monoisotopic (exact) mass is 296 g/mol. The fourth-order valence-corrected chi connectivity index (χ4v) is 3.06. The van der Waals surface area contributed by atoms with Crippen LogP contribution in [0.25, 0.3) is 0 Å². The molecule has 1 aromatic rings. The predicted octanol–water partition coefficient (Wildman–Crippen LogP) is 1.78. The van der Waals surface area contributed by atoms with Gasteiger partial charge in [0.2, 0.25) is 5.91 Å². The number of carbonyl (C=O) groups is 1. The lowest BCUT2D eigenvalue weighted by Gasteiger charge is -2.15. The number of nitrogens with one attached hydrogen (secondary N) is 1.